The predicted octanol–water partition coefficient (Wildman–Crippen LogP) is 2.51. The van der Waals surface area contributed by atoms with Gasteiger partial charge in [0.1, 0.15) is 18.5 Å². The average Bonchev–Trinajstić information content (AvgIpc) is 3.03. The lowest BCUT2D eigenvalue weighted by Crippen LogP contribution is -2.40. The van der Waals surface area contributed by atoms with Crippen LogP contribution in [0, 0.1) is 0 Å². The van der Waals surface area contributed by atoms with E-state index in [9.17, 15) is 10.2 Å². The van der Waals surface area contributed by atoms with Gasteiger partial charge in [-0.3, -0.25) is 0 Å². The zero-order valence-electron chi connectivity index (χ0n) is 14.6. The van der Waals surface area contributed by atoms with Crippen LogP contribution in [-0.2, 0) is 0 Å². The molecule has 0 amide bonds. The van der Waals surface area contributed by atoms with E-state index in [1.165, 1.54) is 21.0 Å². The van der Waals surface area contributed by atoms with Crippen molar-refractivity contribution in [1.29, 1.82) is 0 Å². The summed E-state index contributed by atoms with van der Waals surface area (Å²) in [5, 5.41) is 21.3. The fourth-order valence-electron chi connectivity index (χ4n) is 2.50. The number of methoxy groups -OCH3 is 2. The lowest BCUT2D eigenvalue weighted by atomic mass is 10.0. The first-order valence-electron chi connectivity index (χ1n) is 7.81. The van der Waals surface area contributed by atoms with Gasteiger partial charge in [-0.05, 0) is 26.0 Å². The summed E-state index contributed by atoms with van der Waals surface area (Å²) in [5.41, 5.74) is -0.171. The lowest BCUT2D eigenvalue weighted by Gasteiger charge is -2.24. The van der Waals surface area contributed by atoms with Gasteiger partial charge in [0.2, 0.25) is 5.71 Å². The average molecular weight is 347 g/mol. The molecule has 1 atom stereocenters. The summed E-state index contributed by atoms with van der Waals surface area (Å²) in [6.07, 6.45) is 0.497. The third-order valence-electron chi connectivity index (χ3n) is 4.05. The van der Waals surface area contributed by atoms with Crippen molar-refractivity contribution in [2.75, 3.05) is 20.8 Å². The topological polar surface area (TPSA) is 94.2 Å². The summed E-state index contributed by atoms with van der Waals surface area (Å²) < 4.78 is 21.9. The molecular weight excluding hydrogens is 326 g/mol. The van der Waals surface area contributed by atoms with Gasteiger partial charge in [-0.1, -0.05) is 0 Å². The van der Waals surface area contributed by atoms with E-state index in [1.54, 1.807) is 31.6 Å². The highest BCUT2D eigenvalue weighted by atomic mass is 16.5. The van der Waals surface area contributed by atoms with E-state index >= 15 is 0 Å². The van der Waals surface area contributed by atoms with Gasteiger partial charge in [-0.15, -0.1) is 0 Å². The second-order valence-corrected chi connectivity index (χ2v) is 6.29. The molecule has 0 fully saturated rings. The first-order valence-corrected chi connectivity index (χ1v) is 7.81. The van der Waals surface area contributed by atoms with E-state index in [0.717, 1.165) is 10.8 Å². The van der Waals surface area contributed by atoms with E-state index in [2.05, 4.69) is 4.98 Å². The number of hydrogen-bond donors (Lipinski definition) is 2. The van der Waals surface area contributed by atoms with Crippen LogP contribution in [0.5, 0.6) is 17.2 Å². The molecule has 7 heteroatoms. The van der Waals surface area contributed by atoms with Crippen LogP contribution in [0.1, 0.15) is 13.8 Å². The molecule has 0 aliphatic carbocycles. The number of furan rings is 1. The summed E-state index contributed by atoms with van der Waals surface area (Å²) in [6.45, 7) is 2.94. The van der Waals surface area contributed by atoms with Crippen LogP contribution in [0.3, 0.4) is 0 Å². The van der Waals surface area contributed by atoms with Crippen LogP contribution in [-0.4, -0.2) is 47.7 Å². The molecule has 0 saturated heterocycles. The van der Waals surface area contributed by atoms with E-state index in [4.69, 9.17) is 18.6 Å². The van der Waals surface area contributed by atoms with Gasteiger partial charge < -0.3 is 28.8 Å². The standard InChI is InChI=1S/C18H21NO6/c1-18(2,21)15(20)9-25-14-7-11-12(8-13(14)22-3)19-17-10(5-6-24-17)16(11)23-4/h5-8,15,20-21H,9H2,1-4H3/t15-/m0/s1. The molecule has 0 aliphatic heterocycles. The Balaban J connectivity index is 2.07. The molecule has 0 radical (unpaired) electrons. The zero-order valence-corrected chi connectivity index (χ0v) is 14.6. The molecule has 0 unspecified atom stereocenters. The second-order valence-electron chi connectivity index (χ2n) is 6.29. The fourth-order valence-corrected chi connectivity index (χ4v) is 2.50. The summed E-state index contributed by atoms with van der Waals surface area (Å²) in [6, 6.07) is 5.23. The third-order valence-corrected chi connectivity index (χ3v) is 4.05. The number of hydrogen-bond acceptors (Lipinski definition) is 7. The van der Waals surface area contributed by atoms with Crippen molar-refractivity contribution < 1.29 is 28.8 Å². The Hall–Kier alpha value is -2.51. The quantitative estimate of drug-likeness (QED) is 0.707. The van der Waals surface area contributed by atoms with Gasteiger partial charge in [-0.25, -0.2) is 4.98 Å². The molecule has 2 heterocycles. The van der Waals surface area contributed by atoms with Crippen molar-refractivity contribution in [2.45, 2.75) is 25.6 Å². The fraction of sp³-hybridized carbons (Fsp3) is 0.389. The largest absolute Gasteiger partial charge is 0.495 e. The highest BCUT2D eigenvalue weighted by Crippen LogP contribution is 2.39. The maximum Gasteiger partial charge on any atom is 0.230 e. The number of pyridine rings is 1. The van der Waals surface area contributed by atoms with Gasteiger partial charge in [0.05, 0.1) is 37.0 Å². The molecule has 3 aromatic rings. The summed E-state index contributed by atoms with van der Waals surface area (Å²) in [5.74, 6) is 1.49. The van der Waals surface area contributed by atoms with Crippen molar-refractivity contribution in [2.24, 2.45) is 0 Å². The first kappa shape index (κ1) is 17.3. The van der Waals surface area contributed by atoms with E-state index < -0.39 is 11.7 Å². The molecule has 3 rings (SSSR count). The molecule has 2 aromatic heterocycles. The number of ether oxygens (including phenoxy) is 3. The zero-order chi connectivity index (χ0) is 18.2. The maximum atomic E-state index is 9.97. The van der Waals surface area contributed by atoms with Gasteiger partial charge in [-0.2, -0.15) is 0 Å². The van der Waals surface area contributed by atoms with E-state index in [-0.39, 0.29) is 6.61 Å². The number of rotatable bonds is 6. The third kappa shape index (κ3) is 3.20. The molecule has 0 spiro atoms. The number of aromatic nitrogens is 1. The molecule has 0 bridgehead atoms. The van der Waals surface area contributed by atoms with Crippen LogP contribution < -0.4 is 14.2 Å². The number of aliphatic hydroxyl groups excluding tert-OH is 1. The predicted molar refractivity (Wildman–Crippen MR) is 92.4 cm³/mol. The molecule has 134 valence electrons. The van der Waals surface area contributed by atoms with Crippen LogP contribution in [0.25, 0.3) is 22.0 Å². The molecule has 2 N–H and O–H groups in total. The maximum absolute atomic E-state index is 9.97. The Morgan fingerprint density at radius 2 is 1.92 bits per heavy atom. The van der Waals surface area contributed by atoms with Crippen molar-refractivity contribution in [3.05, 3.63) is 24.5 Å². The van der Waals surface area contributed by atoms with Gasteiger partial charge in [0.15, 0.2) is 11.5 Å². The van der Waals surface area contributed by atoms with Crippen LogP contribution in [0.2, 0.25) is 0 Å². The number of aliphatic hydroxyl groups is 2. The van der Waals surface area contributed by atoms with E-state index in [1.807, 2.05) is 0 Å². The number of fused-ring (bicyclic) bond motifs is 2. The second kappa shape index (κ2) is 6.42. The highest BCUT2D eigenvalue weighted by molar-refractivity contribution is 6.00. The Morgan fingerprint density at radius 3 is 2.56 bits per heavy atom. The van der Waals surface area contributed by atoms with E-state index in [0.29, 0.717) is 28.5 Å². The Morgan fingerprint density at radius 1 is 1.16 bits per heavy atom. The van der Waals surface area contributed by atoms with Crippen molar-refractivity contribution >= 4 is 22.0 Å². The first-order chi connectivity index (χ1) is 11.8. The molecule has 7 nitrogen and oxygen atoms in total. The molecule has 0 saturated carbocycles. The van der Waals surface area contributed by atoms with Crippen molar-refractivity contribution in [3.8, 4) is 17.2 Å². The number of nitrogens with zero attached hydrogens (tertiary/aromatic N) is 1. The lowest BCUT2D eigenvalue weighted by molar-refractivity contribution is -0.0663. The molecular formula is C18H21NO6. The minimum Gasteiger partial charge on any atom is -0.495 e. The molecule has 25 heavy (non-hydrogen) atoms. The Bertz CT molecular complexity index is 896. The van der Waals surface area contributed by atoms with Crippen LogP contribution in [0.4, 0.5) is 0 Å². The summed E-state index contributed by atoms with van der Waals surface area (Å²) in [4.78, 5) is 4.46. The number of benzene rings is 1. The molecule has 0 aliphatic rings. The normalized spacial score (nSPS) is 13.2. The Kier molecular flexibility index (Phi) is 4.45. The van der Waals surface area contributed by atoms with Crippen LogP contribution >= 0.6 is 0 Å². The van der Waals surface area contributed by atoms with Crippen molar-refractivity contribution in [3.63, 3.8) is 0 Å². The van der Waals surface area contributed by atoms with Gasteiger partial charge >= 0.3 is 0 Å². The monoisotopic (exact) mass is 347 g/mol. The summed E-state index contributed by atoms with van der Waals surface area (Å²) >= 11 is 0. The van der Waals surface area contributed by atoms with Gasteiger partial charge in [0, 0.05) is 11.5 Å². The van der Waals surface area contributed by atoms with Gasteiger partial charge in [0.25, 0.3) is 0 Å². The minimum atomic E-state index is -1.27. The SMILES string of the molecule is COc1cc2nc3occc3c(OC)c2cc1OC[C@H](O)C(C)(C)O. The highest BCUT2D eigenvalue weighted by Gasteiger charge is 2.26. The Labute approximate surface area is 144 Å². The smallest absolute Gasteiger partial charge is 0.230 e. The van der Waals surface area contributed by atoms with Crippen LogP contribution in [0.15, 0.2) is 28.9 Å². The summed E-state index contributed by atoms with van der Waals surface area (Å²) in [7, 11) is 3.09. The molecule has 1 aromatic carbocycles. The van der Waals surface area contributed by atoms with Crippen molar-refractivity contribution in [1.82, 2.24) is 4.98 Å². The minimum absolute atomic E-state index is 0.0882.